The van der Waals surface area contributed by atoms with Crippen LogP contribution in [0, 0.1) is 15.4 Å². The minimum Gasteiger partial charge on any atom is -0.363 e. The van der Waals surface area contributed by atoms with Crippen LogP contribution in [0.25, 0.3) is 0 Å². The van der Waals surface area contributed by atoms with E-state index < -0.39 is 8.25 Å². The zero-order valence-corrected chi connectivity index (χ0v) is 14.6. The van der Waals surface area contributed by atoms with Crippen LogP contribution in [0.4, 0.5) is 5.82 Å². The quantitative estimate of drug-likeness (QED) is 0.324. The number of rotatable bonds is 4. The summed E-state index contributed by atoms with van der Waals surface area (Å²) in [6, 6.07) is -0.0978. The van der Waals surface area contributed by atoms with Gasteiger partial charge in [0, 0.05) is 16.7 Å². The molecule has 0 aliphatic heterocycles. The average Bonchev–Trinajstić information content (AvgIpc) is 2.46. The zero-order valence-electron chi connectivity index (χ0n) is 10.8. The fraction of sp³-hybridized carbons (Fsp3) is 0.500. The van der Waals surface area contributed by atoms with Crippen LogP contribution < -0.4 is 5.32 Å². The van der Waals surface area contributed by atoms with E-state index in [2.05, 4.69) is 50.0 Å². The molecule has 1 saturated carbocycles. The van der Waals surface area contributed by atoms with E-state index in [4.69, 9.17) is 21.0 Å². The largest absolute Gasteiger partial charge is 0.695 e. The molecule has 1 heterocycles. The highest BCUT2D eigenvalue weighted by molar-refractivity contribution is 14.1. The van der Waals surface area contributed by atoms with Crippen LogP contribution in [0.15, 0.2) is 18.3 Å². The van der Waals surface area contributed by atoms with Crippen molar-refractivity contribution in [3.8, 4) is 0 Å². The molecule has 0 spiro atoms. The maximum atomic E-state index is 11.1. The van der Waals surface area contributed by atoms with Crippen LogP contribution in [0.3, 0.4) is 0 Å². The van der Waals surface area contributed by atoms with Crippen LogP contribution in [0.2, 0.25) is 5.28 Å². The van der Waals surface area contributed by atoms with Crippen LogP contribution in [0.1, 0.15) is 12.8 Å². The third kappa shape index (κ3) is 3.37. The molecule has 3 aliphatic rings. The zero-order chi connectivity index (χ0) is 15.0. The van der Waals surface area contributed by atoms with E-state index in [9.17, 15) is 4.57 Å². The summed E-state index contributed by atoms with van der Waals surface area (Å²) in [4.78, 5) is 17.2. The Morgan fingerprint density at radius 1 is 1.43 bits per heavy atom. The van der Waals surface area contributed by atoms with Crippen molar-refractivity contribution in [3.63, 3.8) is 0 Å². The first-order valence-electron chi connectivity index (χ1n) is 6.50. The number of aromatic nitrogens is 2. The predicted octanol–water partition coefficient (Wildman–Crippen LogP) is 3.15. The first-order chi connectivity index (χ1) is 10.0. The van der Waals surface area contributed by atoms with E-state index >= 15 is 0 Å². The van der Waals surface area contributed by atoms with E-state index in [0.29, 0.717) is 5.82 Å². The summed E-state index contributed by atoms with van der Waals surface area (Å²) in [5.74, 6) is 1.02. The number of nitrogens with zero attached hydrogens (tertiary/aromatic N) is 2. The topological polar surface area (TPSA) is 84.3 Å². The van der Waals surface area contributed by atoms with Crippen LogP contribution in [-0.2, 0) is 9.09 Å². The van der Waals surface area contributed by atoms with Crippen LogP contribution in [0.5, 0.6) is 0 Å². The van der Waals surface area contributed by atoms with Gasteiger partial charge in [-0.1, -0.05) is 12.2 Å². The molecule has 0 saturated heterocycles. The lowest BCUT2D eigenvalue weighted by Gasteiger charge is -2.42. The average molecular weight is 441 g/mol. The first kappa shape index (κ1) is 15.6. The second kappa shape index (κ2) is 6.42. The lowest BCUT2D eigenvalue weighted by molar-refractivity contribution is 0.0706. The number of halogens is 2. The molecule has 1 aromatic heterocycles. The summed E-state index contributed by atoms with van der Waals surface area (Å²) in [5, 5.41) is 3.48. The van der Waals surface area contributed by atoms with Crippen molar-refractivity contribution in [1.29, 1.82) is 0 Å². The summed E-state index contributed by atoms with van der Waals surface area (Å²) in [6.07, 6.45) is 7.51. The van der Waals surface area contributed by atoms with Gasteiger partial charge in [0.05, 0.1) is 9.61 Å². The molecular formula is C12H13ClIN3O3P+. The van der Waals surface area contributed by atoms with Gasteiger partial charge in [-0.3, -0.25) is 0 Å². The molecule has 4 rings (SSSR count). The fourth-order valence-electron chi connectivity index (χ4n) is 2.99. The van der Waals surface area contributed by atoms with Gasteiger partial charge in [0.1, 0.15) is 11.9 Å². The third-order valence-corrected chi connectivity index (χ3v) is 5.30. The molecule has 1 fully saturated rings. The second-order valence-electron chi connectivity index (χ2n) is 5.10. The summed E-state index contributed by atoms with van der Waals surface area (Å²) >= 11 is 7.96. The molecule has 5 unspecified atom stereocenters. The molecule has 2 bridgehead atoms. The van der Waals surface area contributed by atoms with E-state index in [1.54, 1.807) is 6.20 Å². The molecule has 1 aromatic rings. The second-order valence-corrected chi connectivity index (χ2v) is 7.29. The molecule has 6 nitrogen and oxygen atoms in total. The maximum Gasteiger partial charge on any atom is 0.695 e. The highest BCUT2D eigenvalue weighted by atomic mass is 127. The Balaban J connectivity index is 1.86. The monoisotopic (exact) mass is 440 g/mol. The van der Waals surface area contributed by atoms with Crippen LogP contribution >= 0.6 is 42.4 Å². The van der Waals surface area contributed by atoms with E-state index in [1.807, 2.05) is 0 Å². The van der Waals surface area contributed by atoms with Gasteiger partial charge in [0.15, 0.2) is 0 Å². The maximum absolute atomic E-state index is 11.1. The highest BCUT2D eigenvalue weighted by Gasteiger charge is 2.46. The molecule has 0 radical (unpaired) electrons. The van der Waals surface area contributed by atoms with Gasteiger partial charge in [0.2, 0.25) is 5.28 Å². The Labute approximate surface area is 141 Å². The Morgan fingerprint density at radius 3 is 2.81 bits per heavy atom. The normalized spacial score (nSPS) is 31.3. The van der Waals surface area contributed by atoms with Gasteiger partial charge in [-0.25, -0.2) is 4.98 Å². The lowest BCUT2D eigenvalue weighted by Crippen LogP contribution is -2.50. The van der Waals surface area contributed by atoms with Gasteiger partial charge >= 0.3 is 8.25 Å². The molecular weight excluding hydrogens is 427 g/mol. The summed E-state index contributed by atoms with van der Waals surface area (Å²) in [5.41, 5.74) is 0. The van der Waals surface area contributed by atoms with Crippen molar-refractivity contribution in [2.75, 3.05) is 5.32 Å². The molecule has 9 heteroatoms. The molecule has 21 heavy (non-hydrogen) atoms. The summed E-state index contributed by atoms with van der Waals surface area (Å²) in [6.45, 7) is 0. The number of nitrogens with one attached hydrogen (secondary N) is 1. The molecule has 3 aliphatic carbocycles. The summed E-state index contributed by atoms with van der Waals surface area (Å²) in [7, 11) is -2.63. The standard InChI is InChI=1S/C12H12ClIN3O3P/c13-12-15-5-8(14)11(17-12)16-9-6-1-3-7(4-2-6)10(9)20-21(18)19/h1,3,5-7,9-10H,2,4H2,(H-,15,16,17,18,19)/p+1. The molecule has 0 aromatic carbocycles. The Hall–Kier alpha value is -0.340. The fourth-order valence-corrected chi connectivity index (χ4v) is 4.03. The van der Waals surface area contributed by atoms with Gasteiger partial charge in [0.25, 0.3) is 0 Å². The van der Waals surface area contributed by atoms with Crippen molar-refractivity contribution < 1.29 is 14.0 Å². The number of hydrogen-bond acceptors (Lipinski definition) is 5. The van der Waals surface area contributed by atoms with E-state index in [0.717, 1.165) is 16.4 Å². The predicted molar refractivity (Wildman–Crippen MR) is 87.2 cm³/mol. The van der Waals surface area contributed by atoms with Crippen LogP contribution in [-0.4, -0.2) is 27.0 Å². The van der Waals surface area contributed by atoms with Crippen molar-refractivity contribution in [3.05, 3.63) is 27.2 Å². The smallest absolute Gasteiger partial charge is 0.363 e. The lowest BCUT2D eigenvalue weighted by atomic mass is 9.71. The molecule has 5 atom stereocenters. The Morgan fingerprint density at radius 2 is 2.14 bits per heavy atom. The number of anilines is 1. The number of hydrogen-bond donors (Lipinski definition) is 2. The third-order valence-electron chi connectivity index (χ3n) is 3.91. The molecule has 112 valence electrons. The van der Waals surface area contributed by atoms with E-state index in [1.165, 1.54) is 0 Å². The van der Waals surface area contributed by atoms with Crippen molar-refractivity contribution in [1.82, 2.24) is 9.97 Å². The molecule has 2 N–H and O–H groups in total. The van der Waals surface area contributed by atoms with Crippen molar-refractivity contribution >= 4 is 48.3 Å². The summed E-state index contributed by atoms with van der Waals surface area (Å²) < 4.78 is 17.2. The van der Waals surface area contributed by atoms with Crippen molar-refractivity contribution in [2.24, 2.45) is 11.8 Å². The van der Waals surface area contributed by atoms with Gasteiger partial charge in [-0.15, -0.1) is 9.42 Å². The Kier molecular flexibility index (Phi) is 4.75. The van der Waals surface area contributed by atoms with E-state index in [-0.39, 0.29) is 29.3 Å². The highest BCUT2D eigenvalue weighted by Crippen LogP contribution is 2.42. The number of fused-ring (bicyclic) bond motifs is 2. The first-order valence-corrected chi connectivity index (χ1v) is 9.09. The van der Waals surface area contributed by atoms with Crippen molar-refractivity contribution in [2.45, 2.75) is 25.0 Å². The molecule has 0 amide bonds. The van der Waals surface area contributed by atoms with Gasteiger partial charge < -0.3 is 5.32 Å². The minimum absolute atomic E-state index is 0.0978. The van der Waals surface area contributed by atoms with Gasteiger partial charge in [-0.2, -0.15) is 4.98 Å². The van der Waals surface area contributed by atoms with Gasteiger partial charge in [-0.05, 0) is 53.0 Å². The SMILES string of the molecule is O=[P+](O)OC1C2C=CC(CC2)C1Nc1nc(Cl)ncc1I. The Bertz CT molecular complexity index is 603. The minimum atomic E-state index is -2.63.